The molecule has 1 saturated heterocycles. The predicted molar refractivity (Wildman–Crippen MR) is 65.0 cm³/mol. The Bertz CT molecular complexity index is 520. The second-order valence-corrected chi connectivity index (χ2v) is 4.61. The number of aromatic nitrogens is 1. The van der Waals surface area contributed by atoms with Crippen molar-refractivity contribution in [3.05, 3.63) is 36.0 Å². The molecular weight excluding hydrogens is 234 g/mol. The summed E-state index contributed by atoms with van der Waals surface area (Å²) in [4.78, 5) is 3.15. The van der Waals surface area contributed by atoms with E-state index >= 15 is 0 Å². The van der Waals surface area contributed by atoms with Crippen molar-refractivity contribution in [2.75, 3.05) is 6.61 Å². The molecule has 3 rings (SSSR count). The van der Waals surface area contributed by atoms with E-state index in [9.17, 15) is 15.3 Å². The lowest BCUT2D eigenvalue weighted by Crippen LogP contribution is -2.49. The molecule has 4 unspecified atom stereocenters. The number of aliphatic hydroxyl groups is 3. The quantitative estimate of drug-likeness (QED) is 0.586. The monoisotopic (exact) mass is 249 g/mol. The maximum atomic E-state index is 9.93. The van der Waals surface area contributed by atoms with Crippen molar-refractivity contribution in [2.45, 2.75) is 24.4 Å². The highest BCUT2D eigenvalue weighted by molar-refractivity contribution is 5.80. The maximum Gasteiger partial charge on any atom is 0.126 e. The Morgan fingerprint density at radius 3 is 2.67 bits per heavy atom. The van der Waals surface area contributed by atoms with Gasteiger partial charge in [-0.15, -0.1) is 0 Å². The van der Waals surface area contributed by atoms with Crippen LogP contribution in [0.1, 0.15) is 11.8 Å². The number of aromatic amines is 1. The molecule has 0 spiro atoms. The minimum absolute atomic E-state index is 0.0122. The molecule has 5 heteroatoms. The molecule has 4 N–H and O–H groups in total. The first kappa shape index (κ1) is 11.7. The fourth-order valence-corrected chi connectivity index (χ4v) is 2.33. The highest BCUT2D eigenvalue weighted by Crippen LogP contribution is 2.30. The fourth-order valence-electron chi connectivity index (χ4n) is 2.33. The van der Waals surface area contributed by atoms with Crippen LogP contribution >= 0.6 is 0 Å². The Morgan fingerprint density at radius 1 is 1.11 bits per heavy atom. The lowest BCUT2D eigenvalue weighted by molar-refractivity contribution is -0.190. The van der Waals surface area contributed by atoms with Crippen molar-refractivity contribution in [1.82, 2.24) is 4.98 Å². The van der Waals surface area contributed by atoms with Crippen molar-refractivity contribution in [3.8, 4) is 0 Å². The highest BCUT2D eigenvalue weighted by Gasteiger charge is 2.38. The molecule has 0 radical (unpaired) electrons. The van der Waals surface area contributed by atoms with Crippen LogP contribution in [-0.4, -0.2) is 45.2 Å². The standard InChI is InChI=1S/C13H15NO4/c15-10-6-18-13(12(17)11(10)16)9-5-7-3-1-2-4-8(7)14-9/h1-5,10-17H,6H2. The molecule has 1 aliphatic rings. The van der Waals surface area contributed by atoms with Crippen LogP contribution in [0.15, 0.2) is 30.3 Å². The Morgan fingerprint density at radius 2 is 1.89 bits per heavy atom. The van der Waals surface area contributed by atoms with Gasteiger partial charge >= 0.3 is 0 Å². The maximum absolute atomic E-state index is 9.93. The van der Waals surface area contributed by atoms with Gasteiger partial charge in [0, 0.05) is 11.2 Å². The van der Waals surface area contributed by atoms with Gasteiger partial charge in [-0.3, -0.25) is 0 Å². The average Bonchev–Trinajstić information content (AvgIpc) is 2.79. The molecule has 1 fully saturated rings. The second kappa shape index (κ2) is 4.37. The third-order valence-corrected chi connectivity index (χ3v) is 3.36. The summed E-state index contributed by atoms with van der Waals surface area (Å²) >= 11 is 0. The normalized spacial score (nSPS) is 32.8. The van der Waals surface area contributed by atoms with Crippen LogP contribution in [0, 0.1) is 0 Å². The van der Waals surface area contributed by atoms with E-state index in [0.29, 0.717) is 5.69 Å². The van der Waals surface area contributed by atoms with Crippen molar-refractivity contribution >= 4 is 10.9 Å². The summed E-state index contributed by atoms with van der Waals surface area (Å²) < 4.78 is 5.40. The van der Waals surface area contributed by atoms with Crippen molar-refractivity contribution < 1.29 is 20.1 Å². The number of benzene rings is 1. The molecule has 2 aromatic rings. The number of aliphatic hydroxyl groups excluding tert-OH is 3. The first-order chi connectivity index (χ1) is 8.66. The van der Waals surface area contributed by atoms with Gasteiger partial charge in [-0.1, -0.05) is 18.2 Å². The zero-order chi connectivity index (χ0) is 12.7. The molecule has 5 nitrogen and oxygen atoms in total. The van der Waals surface area contributed by atoms with Gasteiger partial charge in [-0.25, -0.2) is 0 Å². The van der Waals surface area contributed by atoms with Crippen LogP contribution in [0.3, 0.4) is 0 Å². The lowest BCUT2D eigenvalue weighted by atomic mass is 9.98. The van der Waals surface area contributed by atoms with E-state index in [1.54, 1.807) is 0 Å². The van der Waals surface area contributed by atoms with Crippen LogP contribution < -0.4 is 0 Å². The molecule has 2 heterocycles. The Hall–Kier alpha value is -1.40. The van der Waals surface area contributed by atoms with Crippen LogP contribution in [0.2, 0.25) is 0 Å². The third-order valence-electron chi connectivity index (χ3n) is 3.36. The summed E-state index contributed by atoms with van der Waals surface area (Å²) in [6.07, 6.45) is -4.01. The summed E-state index contributed by atoms with van der Waals surface area (Å²) in [5.74, 6) is 0. The summed E-state index contributed by atoms with van der Waals surface area (Å²) in [5, 5.41) is 30.0. The molecule has 4 atom stereocenters. The number of ether oxygens (including phenoxy) is 1. The van der Waals surface area contributed by atoms with Gasteiger partial charge in [0.1, 0.15) is 24.4 Å². The van der Waals surface area contributed by atoms with E-state index in [1.165, 1.54) is 0 Å². The van der Waals surface area contributed by atoms with E-state index in [2.05, 4.69) is 4.98 Å². The molecule has 18 heavy (non-hydrogen) atoms. The van der Waals surface area contributed by atoms with E-state index in [0.717, 1.165) is 10.9 Å². The molecule has 1 aliphatic heterocycles. The molecule has 0 amide bonds. The van der Waals surface area contributed by atoms with Gasteiger partial charge in [0.25, 0.3) is 0 Å². The molecular formula is C13H15NO4. The predicted octanol–water partition coefficient (Wildman–Crippen LogP) is 0.322. The first-order valence-electron chi connectivity index (χ1n) is 5.90. The minimum atomic E-state index is -1.19. The molecule has 96 valence electrons. The molecule has 1 aromatic carbocycles. The number of nitrogens with one attached hydrogen (secondary N) is 1. The average molecular weight is 249 g/mol. The number of rotatable bonds is 1. The van der Waals surface area contributed by atoms with Crippen LogP contribution in [0.4, 0.5) is 0 Å². The van der Waals surface area contributed by atoms with Crippen molar-refractivity contribution in [1.29, 1.82) is 0 Å². The smallest absolute Gasteiger partial charge is 0.126 e. The van der Waals surface area contributed by atoms with Gasteiger partial charge in [-0.2, -0.15) is 0 Å². The zero-order valence-corrected chi connectivity index (χ0v) is 9.65. The minimum Gasteiger partial charge on any atom is -0.388 e. The van der Waals surface area contributed by atoms with Crippen molar-refractivity contribution in [2.24, 2.45) is 0 Å². The molecule has 0 saturated carbocycles. The number of H-pyrrole nitrogens is 1. The number of hydrogen-bond donors (Lipinski definition) is 4. The van der Waals surface area contributed by atoms with Gasteiger partial charge in [0.05, 0.1) is 6.61 Å². The SMILES string of the molecule is OC1COC(c2cc3ccccc3[nH]2)C(O)C1O. The van der Waals surface area contributed by atoms with Crippen molar-refractivity contribution in [3.63, 3.8) is 0 Å². The van der Waals surface area contributed by atoms with Gasteiger partial charge in [-0.05, 0) is 17.5 Å². The Labute approximate surface area is 104 Å². The lowest BCUT2D eigenvalue weighted by Gasteiger charge is -2.34. The van der Waals surface area contributed by atoms with Crippen LogP contribution in [0.5, 0.6) is 0 Å². The summed E-state index contributed by atoms with van der Waals surface area (Å²) in [7, 11) is 0. The first-order valence-corrected chi connectivity index (χ1v) is 5.90. The third kappa shape index (κ3) is 1.81. The number of para-hydroxylation sites is 1. The van der Waals surface area contributed by atoms with Gasteiger partial charge < -0.3 is 25.0 Å². The zero-order valence-electron chi connectivity index (χ0n) is 9.65. The van der Waals surface area contributed by atoms with Crippen LogP contribution in [0.25, 0.3) is 10.9 Å². The second-order valence-electron chi connectivity index (χ2n) is 4.61. The van der Waals surface area contributed by atoms with E-state index in [-0.39, 0.29) is 6.61 Å². The van der Waals surface area contributed by atoms with E-state index in [4.69, 9.17) is 4.74 Å². The van der Waals surface area contributed by atoms with Gasteiger partial charge in [0.2, 0.25) is 0 Å². The fraction of sp³-hybridized carbons (Fsp3) is 0.385. The van der Waals surface area contributed by atoms with E-state index < -0.39 is 24.4 Å². The molecule has 1 aromatic heterocycles. The van der Waals surface area contributed by atoms with Gasteiger partial charge in [0.15, 0.2) is 0 Å². The highest BCUT2D eigenvalue weighted by atomic mass is 16.5. The molecule has 0 bridgehead atoms. The summed E-state index contributed by atoms with van der Waals surface area (Å²) in [6, 6.07) is 9.61. The van der Waals surface area contributed by atoms with Crippen LogP contribution in [-0.2, 0) is 4.74 Å². The Kier molecular flexibility index (Phi) is 2.83. The number of hydrogen-bond acceptors (Lipinski definition) is 4. The topological polar surface area (TPSA) is 85.7 Å². The summed E-state index contributed by atoms with van der Waals surface area (Å²) in [6.45, 7) is 0.0122. The largest absolute Gasteiger partial charge is 0.388 e. The Balaban J connectivity index is 1.94. The molecule has 0 aliphatic carbocycles. The van der Waals surface area contributed by atoms with E-state index in [1.807, 2.05) is 30.3 Å². The summed E-state index contributed by atoms with van der Waals surface area (Å²) in [5.41, 5.74) is 1.65. The number of fused-ring (bicyclic) bond motifs is 1.